The number of amides is 2. The smallest absolute Gasteiger partial charge is 0.249 e. The maximum Gasteiger partial charge on any atom is 0.249 e. The number of rotatable bonds is 3. The van der Waals surface area contributed by atoms with Crippen LogP contribution in [0.5, 0.6) is 5.75 Å². The summed E-state index contributed by atoms with van der Waals surface area (Å²) < 4.78 is 5.36. The molecule has 0 spiro atoms. The minimum Gasteiger partial charge on any atom is -0.495 e. The molecule has 5 heteroatoms. The molecular weight excluding hydrogens is 268 g/mol. The van der Waals surface area contributed by atoms with Crippen LogP contribution in [0, 0.1) is 6.92 Å². The summed E-state index contributed by atoms with van der Waals surface area (Å²) in [5.41, 5.74) is 1.84. The van der Waals surface area contributed by atoms with Crippen molar-refractivity contribution in [2.24, 2.45) is 0 Å². The molecule has 1 aromatic rings. The van der Waals surface area contributed by atoms with E-state index in [9.17, 15) is 9.59 Å². The lowest BCUT2D eigenvalue weighted by molar-refractivity contribution is -0.140. The lowest BCUT2D eigenvalue weighted by Crippen LogP contribution is -2.57. The van der Waals surface area contributed by atoms with Gasteiger partial charge >= 0.3 is 0 Å². The summed E-state index contributed by atoms with van der Waals surface area (Å²) in [5, 5.41) is 0. The topological polar surface area (TPSA) is 49.9 Å². The second-order valence-electron chi connectivity index (χ2n) is 5.28. The largest absolute Gasteiger partial charge is 0.495 e. The Kier molecular flexibility index (Phi) is 4.50. The summed E-state index contributed by atoms with van der Waals surface area (Å²) in [6.45, 7) is 6.62. The van der Waals surface area contributed by atoms with Crippen LogP contribution in [-0.4, -0.2) is 43.0 Å². The third-order valence-corrected chi connectivity index (χ3v) is 3.90. The lowest BCUT2D eigenvalue weighted by atomic mass is 10.1. The number of aryl methyl sites for hydroxylation is 1. The molecule has 2 rings (SSSR count). The molecule has 5 nitrogen and oxygen atoms in total. The Morgan fingerprint density at radius 3 is 2.71 bits per heavy atom. The van der Waals surface area contributed by atoms with Crippen LogP contribution in [-0.2, 0) is 9.59 Å². The molecule has 1 saturated heterocycles. The molecule has 114 valence electrons. The van der Waals surface area contributed by atoms with E-state index in [1.807, 2.05) is 32.0 Å². The maximum atomic E-state index is 12.6. The number of piperazine rings is 1. The Bertz CT molecular complexity index is 556. The van der Waals surface area contributed by atoms with Crippen molar-refractivity contribution in [1.29, 1.82) is 0 Å². The number of nitrogens with zero attached hydrogens (tertiary/aromatic N) is 2. The van der Waals surface area contributed by atoms with Gasteiger partial charge in [-0.05, 0) is 31.5 Å². The zero-order chi connectivity index (χ0) is 15.6. The number of carbonyl (C=O) groups is 2. The van der Waals surface area contributed by atoms with Crippen LogP contribution < -0.4 is 9.64 Å². The number of anilines is 1. The first kappa shape index (κ1) is 15.4. The van der Waals surface area contributed by atoms with Gasteiger partial charge in [0.25, 0.3) is 0 Å². The molecule has 0 aliphatic carbocycles. The minimum absolute atomic E-state index is 0.0201. The number of carbonyl (C=O) groups excluding carboxylic acids is 2. The van der Waals surface area contributed by atoms with Crippen LogP contribution in [0.15, 0.2) is 18.2 Å². The highest BCUT2D eigenvalue weighted by Gasteiger charge is 2.35. The van der Waals surface area contributed by atoms with Crippen molar-refractivity contribution < 1.29 is 14.3 Å². The normalized spacial score (nSPS) is 18.9. The molecule has 1 fully saturated rings. The van der Waals surface area contributed by atoms with E-state index in [1.165, 1.54) is 0 Å². The van der Waals surface area contributed by atoms with Gasteiger partial charge in [-0.3, -0.25) is 9.59 Å². The summed E-state index contributed by atoms with van der Waals surface area (Å²) >= 11 is 0. The van der Waals surface area contributed by atoms with Crippen molar-refractivity contribution >= 4 is 17.5 Å². The molecule has 1 aromatic carbocycles. The second-order valence-corrected chi connectivity index (χ2v) is 5.28. The fourth-order valence-corrected chi connectivity index (χ4v) is 2.66. The van der Waals surface area contributed by atoms with Crippen LogP contribution in [0.1, 0.15) is 25.8 Å². The Morgan fingerprint density at radius 2 is 2.10 bits per heavy atom. The quantitative estimate of drug-likeness (QED) is 0.855. The number of methoxy groups -OCH3 is 1. The molecule has 1 aliphatic heterocycles. The van der Waals surface area contributed by atoms with Crippen LogP contribution in [0.3, 0.4) is 0 Å². The fourth-order valence-electron chi connectivity index (χ4n) is 2.66. The number of ether oxygens (including phenoxy) is 1. The highest BCUT2D eigenvalue weighted by atomic mass is 16.5. The lowest BCUT2D eigenvalue weighted by Gasteiger charge is -2.39. The van der Waals surface area contributed by atoms with Crippen LogP contribution in [0.2, 0.25) is 0 Å². The molecular formula is C16H22N2O3. The molecule has 21 heavy (non-hydrogen) atoms. The van der Waals surface area contributed by atoms with Crippen molar-refractivity contribution in [3.63, 3.8) is 0 Å². The Balaban J connectivity index is 2.30. The summed E-state index contributed by atoms with van der Waals surface area (Å²) in [7, 11) is 1.60. The fraction of sp³-hybridized carbons (Fsp3) is 0.500. The minimum atomic E-state index is -0.434. The Labute approximate surface area is 125 Å². The first-order chi connectivity index (χ1) is 9.99. The van der Waals surface area contributed by atoms with E-state index in [0.717, 1.165) is 11.3 Å². The van der Waals surface area contributed by atoms with Gasteiger partial charge in [0, 0.05) is 19.5 Å². The Hall–Kier alpha value is -2.04. The molecule has 1 aliphatic rings. The summed E-state index contributed by atoms with van der Waals surface area (Å²) in [5.74, 6) is 0.634. The number of hydrogen-bond donors (Lipinski definition) is 0. The van der Waals surface area contributed by atoms with Crippen LogP contribution in [0.4, 0.5) is 5.69 Å². The first-order valence-electron chi connectivity index (χ1n) is 7.25. The number of benzene rings is 1. The highest BCUT2D eigenvalue weighted by molar-refractivity contribution is 6.01. The molecule has 2 amide bonds. The third-order valence-electron chi connectivity index (χ3n) is 3.90. The van der Waals surface area contributed by atoms with E-state index >= 15 is 0 Å². The van der Waals surface area contributed by atoms with Gasteiger partial charge in [0.05, 0.1) is 12.8 Å². The van der Waals surface area contributed by atoms with E-state index in [0.29, 0.717) is 25.3 Å². The summed E-state index contributed by atoms with van der Waals surface area (Å²) in [6.07, 6.45) is 0.422. The van der Waals surface area contributed by atoms with Crippen molar-refractivity contribution in [2.75, 3.05) is 25.1 Å². The molecule has 0 saturated carbocycles. The SMILES string of the molecule is CCC(=O)N1CCN(c2cc(C)ccc2OC)C(=O)C1C. The highest BCUT2D eigenvalue weighted by Crippen LogP contribution is 2.31. The predicted molar refractivity (Wildman–Crippen MR) is 81.6 cm³/mol. The van der Waals surface area contributed by atoms with Crippen molar-refractivity contribution in [1.82, 2.24) is 4.90 Å². The van der Waals surface area contributed by atoms with Crippen molar-refractivity contribution in [3.05, 3.63) is 23.8 Å². The Morgan fingerprint density at radius 1 is 1.38 bits per heavy atom. The van der Waals surface area contributed by atoms with Gasteiger partial charge in [-0.15, -0.1) is 0 Å². The standard InChI is InChI=1S/C16H22N2O3/c1-5-15(19)17-8-9-18(16(20)12(17)3)13-10-11(2)6-7-14(13)21-4/h6-7,10,12H,5,8-9H2,1-4H3. The van der Waals surface area contributed by atoms with E-state index < -0.39 is 6.04 Å². The van der Waals surface area contributed by atoms with Crippen molar-refractivity contribution in [3.8, 4) is 5.75 Å². The molecule has 0 radical (unpaired) electrons. The maximum absolute atomic E-state index is 12.6. The molecule has 1 atom stereocenters. The molecule has 1 heterocycles. The summed E-state index contributed by atoms with van der Waals surface area (Å²) in [4.78, 5) is 27.9. The van der Waals surface area contributed by atoms with E-state index in [-0.39, 0.29) is 11.8 Å². The zero-order valence-electron chi connectivity index (χ0n) is 13.0. The van der Waals surface area contributed by atoms with Gasteiger partial charge < -0.3 is 14.5 Å². The molecule has 0 N–H and O–H groups in total. The van der Waals surface area contributed by atoms with Gasteiger partial charge in [-0.25, -0.2) is 0 Å². The van der Waals surface area contributed by atoms with Crippen LogP contribution >= 0.6 is 0 Å². The van der Waals surface area contributed by atoms with Gasteiger partial charge in [0.15, 0.2) is 0 Å². The second kappa shape index (κ2) is 6.16. The molecule has 0 aromatic heterocycles. The first-order valence-corrected chi connectivity index (χ1v) is 7.25. The van der Waals surface area contributed by atoms with Gasteiger partial charge in [0.2, 0.25) is 11.8 Å². The summed E-state index contributed by atoms with van der Waals surface area (Å²) in [6, 6.07) is 5.33. The van der Waals surface area contributed by atoms with Gasteiger partial charge in [-0.2, -0.15) is 0 Å². The average molecular weight is 290 g/mol. The van der Waals surface area contributed by atoms with E-state index in [4.69, 9.17) is 4.74 Å². The monoisotopic (exact) mass is 290 g/mol. The van der Waals surface area contributed by atoms with E-state index in [2.05, 4.69) is 0 Å². The van der Waals surface area contributed by atoms with Crippen LogP contribution in [0.25, 0.3) is 0 Å². The molecule has 0 bridgehead atoms. The van der Waals surface area contributed by atoms with Gasteiger partial charge in [0.1, 0.15) is 11.8 Å². The van der Waals surface area contributed by atoms with Crippen molar-refractivity contribution in [2.45, 2.75) is 33.2 Å². The van der Waals surface area contributed by atoms with E-state index in [1.54, 1.807) is 23.8 Å². The average Bonchev–Trinajstić information content (AvgIpc) is 2.49. The third kappa shape index (κ3) is 2.86. The zero-order valence-corrected chi connectivity index (χ0v) is 13.0. The number of hydrogen-bond acceptors (Lipinski definition) is 3. The molecule has 1 unspecified atom stereocenters. The van der Waals surface area contributed by atoms with Gasteiger partial charge in [-0.1, -0.05) is 13.0 Å². The predicted octanol–water partition coefficient (Wildman–Crippen LogP) is 1.98.